The molecule has 0 bridgehead atoms. The second kappa shape index (κ2) is 12.3. The van der Waals surface area contributed by atoms with Crippen LogP contribution in [0.2, 0.25) is 0 Å². The van der Waals surface area contributed by atoms with Crippen LogP contribution in [0.15, 0.2) is 42.5 Å². The minimum absolute atomic E-state index is 0.159. The van der Waals surface area contributed by atoms with Gasteiger partial charge in [-0.3, -0.25) is 4.79 Å². The van der Waals surface area contributed by atoms with E-state index < -0.39 is 0 Å². The Labute approximate surface area is 192 Å². The number of ether oxygens (including phenoxy) is 2. The molecule has 3 rings (SSSR count). The summed E-state index contributed by atoms with van der Waals surface area (Å²) in [5.41, 5.74) is 2.18. The van der Waals surface area contributed by atoms with Crippen molar-refractivity contribution in [3.63, 3.8) is 0 Å². The quantitative estimate of drug-likeness (QED) is 0.490. The zero-order valence-electron chi connectivity index (χ0n) is 19.7. The Balaban J connectivity index is 1.56. The van der Waals surface area contributed by atoms with Crippen molar-refractivity contribution in [1.82, 2.24) is 4.90 Å². The van der Waals surface area contributed by atoms with Crippen molar-refractivity contribution in [2.24, 2.45) is 0 Å². The van der Waals surface area contributed by atoms with Crippen molar-refractivity contribution in [1.29, 1.82) is 0 Å². The highest BCUT2D eigenvalue weighted by Gasteiger charge is 2.20. The molecule has 0 aliphatic carbocycles. The van der Waals surface area contributed by atoms with Crippen LogP contribution in [0.25, 0.3) is 0 Å². The van der Waals surface area contributed by atoms with E-state index in [0.29, 0.717) is 17.0 Å². The number of likely N-dealkylation sites (tertiary alicyclic amines) is 1. The van der Waals surface area contributed by atoms with Crippen LogP contribution in [-0.4, -0.2) is 50.2 Å². The van der Waals surface area contributed by atoms with Gasteiger partial charge in [-0.1, -0.05) is 20.3 Å². The van der Waals surface area contributed by atoms with E-state index in [0.717, 1.165) is 50.3 Å². The van der Waals surface area contributed by atoms with E-state index in [9.17, 15) is 4.79 Å². The first-order chi connectivity index (χ1) is 15.6. The first-order valence-electron chi connectivity index (χ1n) is 11.8. The number of methoxy groups -OCH3 is 1. The maximum atomic E-state index is 12.8. The van der Waals surface area contributed by atoms with Gasteiger partial charge in [0, 0.05) is 31.3 Å². The van der Waals surface area contributed by atoms with Crippen LogP contribution in [0.1, 0.15) is 56.3 Å². The number of benzene rings is 2. The van der Waals surface area contributed by atoms with Gasteiger partial charge in [0.15, 0.2) is 0 Å². The molecule has 0 unspecified atom stereocenters. The molecule has 0 aromatic heterocycles. The van der Waals surface area contributed by atoms with E-state index in [1.165, 1.54) is 19.4 Å². The molecule has 1 amide bonds. The summed E-state index contributed by atoms with van der Waals surface area (Å²) >= 11 is 0. The van der Waals surface area contributed by atoms with Crippen LogP contribution < -0.4 is 20.1 Å². The molecule has 0 radical (unpaired) electrons. The standard InChI is InChI=1S/C26H37N3O3/c1-4-6-16-29-17-13-22(14-18-29)32-21-9-7-20(8-10-21)26(30)28-25-19-23(31-3)11-12-24(25)27-15-5-2/h7-12,19,22,27H,4-6,13-18H2,1-3H3,(H,28,30). The van der Waals surface area contributed by atoms with Crippen molar-refractivity contribution in [2.45, 2.75) is 52.1 Å². The fourth-order valence-corrected chi connectivity index (χ4v) is 3.87. The van der Waals surface area contributed by atoms with Crippen molar-refractivity contribution >= 4 is 17.3 Å². The van der Waals surface area contributed by atoms with Gasteiger partial charge < -0.3 is 25.0 Å². The predicted molar refractivity (Wildman–Crippen MR) is 131 cm³/mol. The SMILES string of the molecule is CCCCN1CCC(Oc2ccc(C(=O)Nc3cc(OC)ccc3NCCC)cc2)CC1. The minimum Gasteiger partial charge on any atom is -0.497 e. The molecule has 174 valence electrons. The Morgan fingerprint density at radius 1 is 1.00 bits per heavy atom. The smallest absolute Gasteiger partial charge is 0.255 e. The fourth-order valence-electron chi connectivity index (χ4n) is 3.87. The van der Waals surface area contributed by atoms with Crippen LogP contribution in [0.5, 0.6) is 11.5 Å². The molecule has 0 saturated carbocycles. The second-order valence-electron chi connectivity index (χ2n) is 8.33. The summed E-state index contributed by atoms with van der Waals surface area (Å²) in [5.74, 6) is 1.36. The van der Waals surface area contributed by atoms with Gasteiger partial charge >= 0.3 is 0 Å². The lowest BCUT2D eigenvalue weighted by Crippen LogP contribution is -2.38. The molecule has 0 spiro atoms. The number of nitrogens with one attached hydrogen (secondary N) is 2. The first-order valence-corrected chi connectivity index (χ1v) is 11.8. The molecule has 1 heterocycles. The molecule has 2 aromatic carbocycles. The van der Waals surface area contributed by atoms with Crippen molar-refractivity contribution in [3.8, 4) is 11.5 Å². The Bertz CT molecular complexity index is 846. The number of carbonyl (C=O) groups is 1. The van der Waals surface area contributed by atoms with Gasteiger partial charge in [-0.2, -0.15) is 0 Å². The third-order valence-corrected chi connectivity index (χ3v) is 5.82. The predicted octanol–water partition coefficient (Wildman–Crippen LogP) is 5.41. The summed E-state index contributed by atoms with van der Waals surface area (Å²) in [7, 11) is 1.62. The third-order valence-electron chi connectivity index (χ3n) is 5.82. The van der Waals surface area contributed by atoms with E-state index in [4.69, 9.17) is 9.47 Å². The number of amides is 1. The van der Waals surface area contributed by atoms with Gasteiger partial charge in [0.2, 0.25) is 0 Å². The lowest BCUT2D eigenvalue weighted by molar-refractivity contribution is 0.0997. The van der Waals surface area contributed by atoms with Crippen LogP contribution in [0.3, 0.4) is 0 Å². The number of nitrogens with zero attached hydrogens (tertiary/aromatic N) is 1. The van der Waals surface area contributed by atoms with Crippen LogP contribution >= 0.6 is 0 Å². The summed E-state index contributed by atoms with van der Waals surface area (Å²) < 4.78 is 11.5. The minimum atomic E-state index is -0.159. The van der Waals surface area contributed by atoms with Gasteiger partial charge in [-0.15, -0.1) is 0 Å². The highest BCUT2D eigenvalue weighted by atomic mass is 16.5. The maximum Gasteiger partial charge on any atom is 0.255 e. The Morgan fingerprint density at radius 3 is 2.38 bits per heavy atom. The number of unbranched alkanes of at least 4 members (excludes halogenated alkanes) is 1. The van der Waals surface area contributed by atoms with Crippen LogP contribution in [0, 0.1) is 0 Å². The van der Waals surface area contributed by atoms with E-state index in [1.54, 1.807) is 7.11 Å². The molecule has 6 heteroatoms. The first kappa shape index (κ1) is 23.9. The van der Waals surface area contributed by atoms with Crippen LogP contribution in [-0.2, 0) is 0 Å². The van der Waals surface area contributed by atoms with Gasteiger partial charge in [0.05, 0.1) is 18.5 Å². The van der Waals surface area contributed by atoms with Crippen molar-refractivity contribution < 1.29 is 14.3 Å². The third kappa shape index (κ3) is 6.89. The summed E-state index contributed by atoms with van der Waals surface area (Å²) in [6.07, 6.45) is 5.85. The molecule has 6 nitrogen and oxygen atoms in total. The van der Waals surface area contributed by atoms with E-state index >= 15 is 0 Å². The lowest BCUT2D eigenvalue weighted by atomic mass is 10.1. The molecule has 2 aromatic rings. The van der Waals surface area contributed by atoms with Crippen LogP contribution in [0.4, 0.5) is 11.4 Å². The summed E-state index contributed by atoms with van der Waals surface area (Å²) in [4.78, 5) is 15.4. The molecule has 1 fully saturated rings. The van der Waals surface area contributed by atoms with Gasteiger partial charge in [-0.25, -0.2) is 0 Å². The topological polar surface area (TPSA) is 62.8 Å². The Morgan fingerprint density at radius 2 is 1.72 bits per heavy atom. The number of hydrogen-bond acceptors (Lipinski definition) is 5. The van der Waals surface area contributed by atoms with E-state index in [1.807, 2.05) is 42.5 Å². The summed E-state index contributed by atoms with van der Waals surface area (Å²) in [6, 6.07) is 13.1. The Hall–Kier alpha value is -2.73. The average molecular weight is 440 g/mol. The maximum absolute atomic E-state index is 12.8. The summed E-state index contributed by atoms with van der Waals surface area (Å²) in [6.45, 7) is 8.56. The highest BCUT2D eigenvalue weighted by molar-refractivity contribution is 6.06. The molecule has 0 atom stereocenters. The second-order valence-corrected chi connectivity index (χ2v) is 8.33. The number of piperidine rings is 1. The van der Waals surface area contributed by atoms with Crippen molar-refractivity contribution in [3.05, 3.63) is 48.0 Å². The molecule has 2 N–H and O–H groups in total. The van der Waals surface area contributed by atoms with E-state index in [2.05, 4.69) is 29.4 Å². The van der Waals surface area contributed by atoms with E-state index in [-0.39, 0.29) is 12.0 Å². The monoisotopic (exact) mass is 439 g/mol. The number of carbonyl (C=O) groups excluding carboxylic acids is 1. The molecule has 32 heavy (non-hydrogen) atoms. The molecule has 1 aliphatic heterocycles. The number of hydrogen-bond donors (Lipinski definition) is 2. The zero-order chi connectivity index (χ0) is 22.8. The molecule has 1 aliphatic rings. The normalized spacial score (nSPS) is 14.7. The van der Waals surface area contributed by atoms with Gasteiger partial charge in [-0.05, 0) is 68.6 Å². The highest BCUT2D eigenvalue weighted by Crippen LogP contribution is 2.28. The largest absolute Gasteiger partial charge is 0.497 e. The molecular formula is C26H37N3O3. The summed E-state index contributed by atoms with van der Waals surface area (Å²) in [5, 5.41) is 6.35. The van der Waals surface area contributed by atoms with Gasteiger partial charge in [0.25, 0.3) is 5.91 Å². The van der Waals surface area contributed by atoms with Gasteiger partial charge in [0.1, 0.15) is 17.6 Å². The van der Waals surface area contributed by atoms with Crippen molar-refractivity contribution in [2.75, 3.05) is 43.9 Å². The fraction of sp³-hybridized carbons (Fsp3) is 0.500. The molecule has 1 saturated heterocycles. The molecular weight excluding hydrogens is 402 g/mol. The Kier molecular flexibility index (Phi) is 9.23. The zero-order valence-corrected chi connectivity index (χ0v) is 19.7. The lowest BCUT2D eigenvalue weighted by Gasteiger charge is -2.32. The number of rotatable bonds is 11. The number of anilines is 2. The average Bonchev–Trinajstić information content (AvgIpc) is 2.83.